The van der Waals surface area contributed by atoms with Gasteiger partial charge >= 0.3 is 0 Å². The minimum absolute atomic E-state index is 0.415. The Bertz CT molecular complexity index is 547. The van der Waals surface area contributed by atoms with Gasteiger partial charge in [-0.3, -0.25) is 0 Å². The van der Waals surface area contributed by atoms with Crippen molar-refractivity contribution in [3.05, 3.63) is 59.7 Å². The Hall–Kier alpha value is -2.07. The highest BCUT2D eigenvalue weighted by atomic mass is 14.2. The summed E-state index contributed by atoms with van der Waals surface area (Å²) in [7, 11) is 0. The third-order valence-corrected chi connectivity index (χ3v) is 2.89. The molecule has 0 bridgehead atoms. The minimum Gasteiger partial charge on any atom is -0.192 e. The molecule has 0 saturated carbocycles. The Morgan fingerprint density at radius 3 is 2.29 bits per heavy atom. The van der Waals surface area contributed by atoms with Gasteiger partial charge in [0.1, 0.15) is 0 Å². The molecule has 2 aromatic rings. The average molecular weight is 221 g/mol. The van der Waals surface area contributed by atoms with Crippen LogP contribution < -0.4 is 0 Å². The van der Waals surface area contributed by atoms with Gasteiger partial charge in [0.25, 0.3) is 0 Å². The summed E-state index contributed by atoms with van der Waals surface area (Å²) >= 11 is 0. The summed E-state index contributed by atoms with van der Waals surface area (Å²) in [5.74, 6) is 0.415. The number of benzene rings is 2. The van der Waals surface area contributed by atoms with Crippen LogP contribution in [-0.4, -0.2) is 0 Å². The largest absolute Gasteiger partial charge is 0.192 e. The lowest BCUT2D eigenvalue weighted by Gasteiger charge is -2.13. The number of nitriles is 1. The van der Waals surface area contributed by atoms with Crippen molar-refractivity contribution in [3.63, 3.8) is 0 Å². The van der Waals surface area contributed by atoms with E-state index in [2.05, 4.69) is 32.0 Å². The van der Waals surface area contributed by atoms with Gasteiger partial charge in [0.15, 0.2) is 0 Å². The molecule has 0 aromatic heterocycles. The first-order chi connectivity index (χ1) is 8.22. The smallest absolute Gasteiger partial charge is 0.0991 e. The molecule has 0 N–H and O–H groups in total. The molecule has 0 unspecified atom stereocenters. The summed E-state index contributed by atoms with van der Waals surface area (Å²) in [6.45, 7) is 4.31. The number of hydrogen-bond donors (Lipinski definition) is 0. The Kier molecular flexibility index (Phi) is 3.25. The number of nitrogens with zero attached hydrogens (tertiary/aromatic N) is 1. The standard InChI is InChI=1S/C16H15N/c1-12(2)16-10-13(11-17)8-9-15(16)14-6-4-3-5-7-14/h3-10,12H,1-2H3. The predicted octanol–water partition coefficient (Wildman–Crippen LogP) is 4.35. The van der Waals surface area contributed by atoms with Gasteiger partial charge in [-0.15, -0.1) is 0 Å². The molecule has 0 atom stereocenters. The van der Waals surface area contributed by atoms with Crippen LogP contribution in [-0.2, 0) is 0 Å². The van der Waals surface area contributed by atoms with Gasteiger partial charge in [-0.25, -0.2) is 0 Å². The molecule has 0 heterocycles. The first-order valence-corrected chi connectivity index (χ1v) is 5.82. The lowest BCUT2D eigenvalue weighted by atomic mass is 9.91. The van der Waals surface area contributed by atoms with E-state index in [0.717, 1.165) is 5.56 Å². The van der Waals surface area contributed by atoms with Crippen molar-refractivity contribution in [1.29, 1.82) is 5.26 Å². The normalized spacial score (nSPS) is 10.2. The lowest BCUT2D eigenvalue weighted by Crippen LogP contribution is -1.93. The van der Waals surface area contributed by atoms with Gasteiger partial charge < -0.3 is 0 Å². The van der Waals surface area contributed by atoms with Crippen molar-refractivity contribution in [3.8, 4) is 17.2 Å². The average Bonchev–Trinajstić information content (AvgIpc) is 2.39. The van der Waals surface area contributed by atoms with Gasteiger partial charge in [0.2, 0.25) is 0 Å². The Balaban J connectivity index is 2.59. The van der Waals surface area contributed by atoms with Crippen LogP contribution in [0.1, 0.15) is 30.9 Å². The molecule has 0 amide bonds. The fraction of sp³-hybridized carbons (Fsp3) is 0.188. The molecule has 1 heteroatoms. The van der Waals surface area contributed by atoms with E-state index in [1.165, 1.54) is 16.7 Å². The van der Waals surface area contributed by atoms with E-state index in [0.29, 0.717) is 5.92 Å². The van der Waals surface area contributed by atoms with Crippen LogP contribution in [0.4, 0.5) is 0 Å². The topological polar surface area (TPSA) is 23.8 Å². The molecule has 0 fully saturated rings. The van der Waals surface area contributed by atoms with Crippen LogP contribution in [0, 0.1) is 11.3 Å². The highest BCUT2D eigenvalue weighted by molar-refractivity contribution is 5.69. The maximum atomic E-state index is 8.96. The van der Waals surface area contributed by atoms with Crippen LogP contribution in [0.15, 0.2) is 48.5 Å². The maximum Gasteiger partial charge on any atom is 0.0991 e. The number of rotatable bonds is 2. The molecular weight excluding hydrogens is 206 g/mol. The molecule has 0 aliphatic heterocycles. The van der Waals surface area contributed by atoms with Crippen LogP contribution in [0.25, 0.3) is 11.1 Å². The summed E-state index contributed by atoms with van der Waals surface area (Å²) in [6.07, 6.45) is 0. The second-order valence-corrected chi connectivity index (χ2v) is 4.43. The SMILES string of the molecule is CC(C)c1cc(C#N)ccc1-c1ccccc1. The second-order valence-electron chi connectivity index (χ2n) is 4.43. The molecule has 0 aliphatic carbocycles. The van der Waals surface area contributed by atoms with Crippen LogP contribution in [0.5, 0.6) is 0 Å². The van der Waals surface area contributed by atoms with E-state index in [1.807, 2.05) is 36.4 Å². The third-order valence-electron chi connectivity index (χ3n) is 2.89. The van der Waals surface area contributed by atoms with Crippen molar-refractivity contribution in [2.45, 2.75) is 19.8 Å². The van der Waals surface area contributed by atoms with E-state index < -0.39 is 0 Å². The second kappa shape index (κ2) is 4.84. The molecule has 0 aliphatic rings. The van der Waals surface area contributed by atoms with Crippen molar-refractivity contribution >= 4 is 0 Å². The van der Waals surface area contributed by atoms with Gasteiger partial charge in [-0.1, -0.05) is 50.2 Å². The highest BCUT2D eigenvalue weighted by Crippen LogP contribution is 2.29. The maximum absolute atomic E-state index is 8.96. The van der Waals surface area contributed by atoms with Gasteiger partial charge in [0, 0.05) is 0 Å². The molecule has 1 nitrogen and oxygen atoms in total. The summed E-state index contributed by atoms with van der Waals surface area (Å²) in [5, 5.41) is 8.96. The van der Waals surface area contributed by atoms with Gasteiger partial charge in [-0.2, -0.15) is 5.26 Å². The van der Waals surface area contributed by atoms with E-state index in [9.17, 15) is 0 Å². The van der Waals surface area contributed by atoms with Crippen molar-refractivity contribution in [1.82, 2.24) is 0 Å². The zero-order valence-electron chi connectivity index (χ0n) is 10.1. The quantitative estimate of drug-likeness (QED) is 0.739. The van der Waals surface area contributed by atoms with E-state index in [4.69, 9.17) is 5.26 Å². The zero-order valence-corrected chi connectivity index (χ0v) is 10.1. The summed E-state index contributed by atoms with van der Waals surface area (Å²) in [6, 6.07) is 18.4. The third kappa shape index (κ3) is 2.37. The molecule has 2 rings (SSSR count). The Labute approximate surface area is 102 Å². The molecule has 0 spiro atoms. The fourth-order valence-corrected chi connectivity index (χ4v) is 1.99. The lowest BCUT2D eigenvalue weighted by molar-refractivity contribution is 0.868. The van der Waals surface area contributed by atoms with Gasteiger partial charge in [-0.05, 0) is 34.7 Å². The Morgan fingerprint density at radius 1 is 1.00 bits per heavy atom. The molecule has 0 radical (unpaired) electrons. The minimum atomic E-state index is 0.415. The van der Waals surface area contributed by atoms with Crippen molar-refractivity contribution in [2.24, 2.45) is 0 Å². The first kappa shape index (κ1) is 11.4. The van der Waals surface area contributed by atoms with Crippen LogP contribution in [0.2, 0.25) is 0 Å². The molecular formula is C16H15N. The van der Waals surface area contributed by atoms with Gasteiger partial charge in [0.05, 0.1) is 11.6 Å². The highest BCUT2D eigenvalue weighted by Gasteiger charge is 2.09. The van der Waals surface area contributed by atoms with Crippen molar-refractivity contribution < 1.29 is 0 Å². The predicted molar refractivity (Wildman–Crippen MR) is 70.7 cm³/mol. The molecule has 0 saturated heterocycles. The van der Waals surface area contributed by atoms with E-state index in [1.54, 1.807) is 0 Å². The number of hydrogen-bond acceptors (Lipinski definition) is 1. The monoisotopic (exact) mass is 221 g/mol. The zero-order chi connectivity index (χ0) is 12.3. The molecule has 2 aromatic carbocycles. The Morgan fingerprint density at radius 2 is 1.71 bits per heavy atom. The summed E-state index contributed by atoms with van der Waals surface area (Å²) in [5.41, 5.74) is 4.39. The van der Waals surface area contributed by atoms with Crippen LogP contribution in [0.3, 0.4) is 0 Å². The molecule has 84 valence electrons. The first-order valence-electron chi connectivity index (χ1n) is 5.82. The van der Waals surface area contributed by atoms with Crippen LogP contribution >= 0.6 is 0 Å². The van der Waals surface area contributed by atoms with E-state index >= 15 is 0 Å². The van der Waals surface area contributed by atoms with Crippen molar-refractivity contribution in [2.75, 3.05) is 0 Å². The fourth-order valence-electron chi connectivity index (χ4n) is 1.99. The summed E-state index contributed by atoms with van der Waals surface area (Å²) < 4.78 is 0. The summed E-state index contributed by atoms with van der Waals surface area (Å²) in [4.78, 5) is 0. The van der Waals surface area contributed by atoms with E-state index in [-0.39, 0.29) is 0 Å². The molecule has 17 heavy (non-hydrogen) atoms.